The summed E-state index contributed by atoms with van der Waals surface area (Å²) < 4.78 is 5.33. The Morgan fingerprint density at radius 2 is 2.17 bits per heavy atom. The zero-order valence-corrected chi connectivity index (χ0v) is 10.5. The Hall–Kier alpha value is -1.41. The third-order valence-corrected chi connectivity index (χ3v) is 4.14. The van der Waals surface area contributed by atoms with Gasteiger partial charge in [-0.05, 0) is 38.6 Å². The molecule has 3 rings (SSSR count). The molecule has 1 unspecified atom stereocenters. The van der Waals surface area contributed by atoms with E-state index in [9.17, 15) is 5.26 Å². The number of hydrogen-bond acceptors (Lipinski definition) is 5. The highest BCUT2D eigenvalue weighted by molar-refractivity contribution is 5.22. The van der Waals surface area contributed by atoms with E-state index in [2.05, 4.69) is 21.5 Å². The fourth-order valence-corrected chi connectivity index (χ4v) is 2.72. The second-order valence-electron chi connectivity index (χ2n) is 5.36. The van der Waals surface area contributed by atoms with E-state index in [4.69, 9.17) is 4.52 Å². The second kappa shape index (κ2) is 4.69. The third-order valence-electron chi connectivity index (χ3n) is 4.14. The zero-order chi connectivity index (χ0) is 12.4. The van der Waals surface area contributed by atoms with Crippen LogP contribution in [0.3, 0.4) is 0 Å². The summed E-state index contributed by atoms with van der Waals surface area (Å²) in [6, 6.07) is 2.54. The van der Waals surface area contributed by atoms with Crippen molar-refractivity contribution in [3.05, 3.63) is 11.7 Å². The SMILES string of the molecule is N#CC1(c2nc(C3CCCCCN3)no2)CCC1. The van der Waals surface area contributed by atoms with Gasteiger partial charge in [-0.25, -0.2) is 0 Å². The Bertz CT molecular complexity index is 450. The molecule has 5 nitrogen and oxygen atoms in total. The number of aromatic nitrogens is 2. The van der Waals surface area contributed by atoms with Crippen LogP contribution in [0.15, 0.2) is 4.52 Å². The molecule has 0 bridgehead atoms. The van der Waals surface area contributed by atoms with E-state index in [1.165, 1.54) is 19.3 Å². The van der Waals surface area contributed by atoms with Crippen LogP contribution in [0, 0.1) is 11.3 Å². The minimum Gasteiger partial charge on any atom is -0.338 e. The normalized spacial score (nSPS) is 26.9. The van der Waals surface area contributed by atoms with Crippen molar-refractivity contribution >= 4 is 0 Å². The molecule has 2 fully saturated rings. The van der Waals surface area contributed by atoms with Gasteiger partial charge in [-0.3, -0.25) is 0 Å². The van der Waals surface area contributed by atoms with E-state index >= 15 is 0 Å². The molecule has 96 valence electrons. The van der Waals surface area contributed by atoms with Gasteiger partial charge in [0, 0.05) is 0 Å². The lowest BCUT2D eigenvalue weighted by Crippen LogP contribution is -2.32. The van der Waals surface area contributed by atoms with Crippen molar-refractivity contribution in [2.75, 3.05) is 6.54 Å². The van der Waals surface area contributed by atoms with E-state index in [1.807, 2.05) is 0 Å². The molecule has 1 atom stereocenters. The maximum Gasteiger partial charge on any atom is 0.247 e. The van der Waals surface area contributed by atoms with Gasteiger partial charge in [0.15, 0.2) is 5.82 Å². The van der Waals surface area contributed by atoms with Crippen molar-refractivity contribution in [2.45, 2.75) is 56.4 Å². The number of hydrogen-bond donors (Lipinski definition) is 1. The first-order valence-electron chi connectivity index (χ1n) is 6.83. The van der Waals surface area contributed by atoms with Gasteiger partial charge in [-0.15, -0.1) is 0 Å². The molecule has 1 N–H and O–H groups in total. The summed E-state index contributed by atoms with van der Waals surface area (Å²) in [6.07, 6.45) is 7.50. The van der Waals surface area contributed by atoms with Crippen LogP contribution < -0.4 is 5.32 Å². The first-order valence-corrected chi connectivity index (χ1v) is 6.83. The first-order chi connectivity index (χ1) is 8.84. The maximum atomic E-state index is 9.26. The van der Waals surface area contributed by atoms with Gasteiger partial charge < -0.3 is 9.84 Å². The van der Waals surface area contributed by atoms with Gasteiger partial charge >= 0.3 is 0 Å². The van der Waals surface area contributed by atoms with Crippen molar-refractivity contribution in [3.63, 3.8) is 0 Å². The van der Waals surface area contributed by atoms with Crippen LogP contribution in [0.1, 0.15) is 62.7 Å². The average Bonchev–Trinajstić information content (AvgIpc) is 2.65. The highest BCUT2D eigenvalue weighted by Crippen LogP contribution is 2.42. The molecule has 0 spiro atoms. The summed E-state index contributed by atoms with van der Waals surface area (Å²) in [5, 5.41) is 16.8. The average molecular weight is 246 g/mol. The third kappa shape index (κ3) is 1.91. The van der Waals surface area contributed by atoms with Crippen LogP contribution >= 0.6 is 0 Å². The summed E-state index contributed by atoms with van der Waals surface area (Å²) in [5.41, 5.74) is -0.490. The molecule has 5 heteroatoms. The van der Waals surface area contributed by atoms with Crippen LogP contribution in [0.25, 0.3) is 0 Å². The quantitative estimate of drug-likeness (QED) is 0.866. The highest BCUT2D eigenvalue weighted by atomic mass is 16.5. The van der Waals surface area contributed by atoms with Crippen molar-refractivity contribution in [1.82, 2.24) is 15.5 Å². The molecule has 1 saturated heterocycles. The Kier molecular flexibility index (Phi) is 3.04. The van der Waals surface area contributed by atoms with Gasteiger partial charge in [0.25, 0.3) is 0 Å². The van der Waals surface area contributed by atoms with E-state index in [0.29, 0.717) is 5.89 Å². The largest absolute Gasteiger partial charge is 0.338 e. The maximum absolute atomic E-state index is 9.26. The second-order valence-corrected chi connectivity index (χ2v) is 5.36. The summed E-state index contributed by atoms with van der Waals surface area (Å²) in [7, 11) is 0. The molecule has 0 radical (unpaired) electrons. The van der Waals surface area contributed by atoms with E-state index in [0.717, 1.165) is 38.1 Å². The van der Waals surface area contributed by atoms with Gasteiger partial charge in [0.2, 0.25) is 5.89 Å². The molecule has 1 aromatic heterocycles. The monoisotopic (exact) mass is 246 g/mol. The molecule has 0 aromatic carbocycles. The molecule has 2 heterocycles. The van der Waals surface area contributed by atoms with Gasteiger partial charge in [0.05, 0.1) is 12.1 Å². The minimum atomic E-state index is -0.490. The predicted octanol–water partition coefficient (Wildman–Crippen LogP) is 2.22. The standard InChI is InChI=1S/C13H18N4O/c14-9-13(6-4-7-13)12-16-11(17-18-12)10-5-2-1-3-8-15-10/h10,15H,1-8H2. The van der Waals surface area contributed by atoms with Crippen molar-refractivity contribution in [3.8, 4) is 6.07 Å². The highest BCUT2D eigenvalue weighted by Gasteiger charge is 2.44. The van der Waals surface area contributed by atoms with Crippen LogP contribution in [0.2, 0.25) is 0 Å². The Labute approximate surface area is 107 Å². The lowest BCUT2D eigenvalue weighted by molar-refractivity contribution is 0.231. The van der Waals surface area contributed by atoms with E-state index in [-0.39, 0.29) is 6.04 Å². The number of nitrogens with zero attached hydrogens (tertiary/aromatic N) is 3. The van der Waals surface area contributed by atoms with Gasteiger partial charge in [-0.1, -0.05) is 18.0 Å². The Morgan fingerprint density at radius 3 is 2.89 bits per heavy atom. The lowest BCUT2D eigenvalue weighted by Gasteiger charge is -2.30. The van der Waals surface area contributed by atoms with Crippen molar-refractivity contribution < 1.29 is 4.52 Å². The molecule has 1 aliphatic heterocycles. The molecule has 18 heavy (non-hydrogen) atoms. The first kappa shape index (κ1) is 11.7. The summed E-state index contributed by atoms with van der Waals surface area (Å²) >= 11 is 0. The number of nitrogens with one attached hydrogen (secondary N) is 1. The van der Waals surface area contributed by atoms with E-state index < -0.39 is 5.41 Å². The Balaban J connectivity index is 1.78. The van der Waals surface area contributed by atoms with Gasteiger partial charge in [-0.2, -0.15) is 10.2 Å². The fraction of sp³-hybridized carbons (Fsp3) is 0.769. The number of nitriles is 1. The van der Waals surface area contributed by atoms with Crippen LogP contribution in [0.5, 0.6) is 0 Å². The molecular formula is C13H18N4O. The lowest BCUT2D eigenvalue weighted by atomic mass is 9.70. The van der Waals surface area contributed by atoms with Crippen LogP contribution in [-0.4, -0.2) is 16.7 Å². The molecule has 1 saturated carbocycles. The summed E-state index contributed by atoms with van der Waals surface area (Å²) in [4.78, 5) is 4.48. The topological polar surface area (TPSA) is 74.7 Å². The predicted molar refractivity (Wildman–Crippen MR) is 64.7 cm³/mol. The van der Waals surface area contributed by atoms with E-state index in [1.54, 1.807) is 0 Å². The molecule has 1 aliphatic carbocycles. The molecular weight excluding hydrogens is 228 g/mol. The van der Waals surface area contributed by atoms with Crippen LogP contribution in [-0.2, 0) is 5.41 Å². The smallest absolute Gasteiger partial charge is 0.247 e. The van der Waals surface area contributed by atoms with Crippen molar-refractivity contribution in [1.29, 1.82) is 5.26 Å². The molecule has 0 amide bonds. The zero-order valence-electron chi connectivity index (χ0n) is 10.5. The summed E-state index contributed by atoms with van der Waals surface area (Å²) in [5.74, 6) is 1.26. The van der Waals surface area contributed by atoms with Crippen LogP contribution in [0.4, 0.5) is 0 Å². The van der Waals surface area contributed by atoms with Crippen molar-refractivity contribution in [2.24, 2.45) is 0 Å². The fourth-order valence-electron chi connectivity index (χ4n) is 2.72. The molecule has 2 aliphatic rings. The summed E-state index contributed by atoms with van der Waals surface area (Å²) in [6.45, 7) is 1.01. The Morgan fingerprint density at radius 1 is 1.28 bits per heavy atom. The molecule has 1 aromatic rings. The number of rotatable bonds is 2. The van der Waals surface area contributed by atoms with Gasteiger partial charge in [0.1, 0.15) is 5.41 Å². The minimum absolute atomic E-state index is 0.195.